The number of aliphatic hydroxyl groups is 1. The molecule has 1 amide bonds. The molecule has 34 heavy (non-hydrogen) atoms. The Kier molecular flexibility index (Phi) is 8.58. The largest absolute Gasteiger partial charge is 0.491 e. The highest BCUT2D eigenvalue weighted by Crippen LogP contribution is 2.34. The van der Waals surface area contributed by atoms with Crippen LogP contribution in [0.1, 0.15) is 43.2 Å². The van der Waals surface area contributed by atoms with E-state index in [2.05, 4.69) is 16.3 Å². The van der Waals surface area contributed by atoms with Crippen LogP contribution in [0.15, 0.2) is 35.7 Å². The van der Waals surface area contributed by atoms with Crippen LogP contribution in [0.2, 0.25) is 0 Å². The molecule has 6 nitrogen and oxygen atoms in total. The van der Waals surface area contributed by atoms with Crippen LogP contribution in [0.4, 0.5) is 4.39 Å². The number of thiophene rings is 1. The zero-order chi connectivity index (χ0) is 24.1. The van der Waals surface area contributed by atoms with Gasteiger partial charge in [0.1, 0.15) is 18.2 Å². The molecule has 1 aromatic carbocycles. The molecular weight excluding hydrogens is 455 g/mol. The van der Waals surface area contributed by atoms with E-state index in [0.717, 1.165) is 18.5 Å². The highest BCUT2D eigenvalue weighted by atomic mass is 32.1. The first-order chi connectivity index (χ1) is 16.4. The summed E-state index contributed by atoms with van der Waals surface area (Å²) in [6.07, 6.45) is 2.62. The summed E-state index contributed by atoms with van der Waals surface area (Å²) in [7, 11) is 0. The first-order valence-electron chi connectivity index (χ1n) is 12.1. The zero-order valence-electron chi connectivity index (χ0n) is 20.0. The number of ether oxygens (including phenoxy) is 2. The van der Waals surface area contributed by atoms with Crippen LogP contribution < -0.4 is 4.74 Å². The van der Waals surface area contributed by atoms with Gasteiger partial charge < -0.3 is 19.5 Å². The molecule has 1 aliphatic heterocycles. The lowest BCUT2D eigenvalue weighted by Gasteiger charge is -2.37. The maximum Gasteiger partial charge on any atom is 0.237 e. The first kappa shape index (κ1) is 25.1. The highest BCUT2D eigenvalue weighted by molar-refractivity contribution is 7.10. The van der Waals surface area contributed by atoms with Crippen LogP contribution in [-0.2, 0) is 16.0 Å². The molecule has 2 heterocycles. The third-order valence-corrected chi connectivity index (χ3v) is 7.30. The summed E-state index contributed by atoms with van der Waals surface area (Å²) in [5, 5.41) is 12.5. The van der Waals surface area contributed by atoms with Gasteiger partial charge in [-0.3, -0.25) is 9.69 Å². The third kappa shape index (κ3) is 7.01. The maximum absolute atomic E-state index is 13.5. The lowest BCUT2D eigenvalue weighted by Crippen LogP contribution is -2.48. The Labute approximate surface area is 205 Å². The lowest BCUT2D eigenvalue weighted by molar-refractivity contribution is -0.136. The van der Waals surface area contributed by atoms with Crippen molar-refractivity contribution < 1.29 is 23.8 Å². The number of nitrogens with zero attached hydrogens (tertiary/aromatic N) is 2. The fourth-order valence-corrected chi connectivity index (χ4v) is 5.31. The minimum absolute atomic E-state index is 0.0437. The predicted molar refractivity (Wildman–Crippen MR) is 131 cm³/mol. The summed E-state index contributed by atoms with van der Waals surface area (Å²) in [4.78, 5) is 18.8. The normalized spacial score (nSPS) is 18.9. The Morgan fingerprint density at radius 3 is 2.74 bits per heavy atom. The van der Waals surface area contributed by atoms with Crippen LogP contribution in [-0.4, -0.2) is 72.4 Å². The molecule has 8 heteroatoms. The number of carbonyl (C=O) groups is 1. The Hall–Kier alpha value is -2.00. The number of aliphatic hydroxyl groups excluding tert-OH is 1. The van der Waals surface area contributed by atoms with Gasteiger partial charge in [0, 0.05) is 24.5 Å². The fraction of sp³-hybridized carbons (Fsp3) is 0.577. The molecule has 1 N–H and O–H groups in total. The van der Waals surface area contributed by atoms with E-state index in [4.69, 9.17) is 9.47 Å². The van der Waals surface area contributed by atoms with E-state index in [-0.39, 0.29) is 37.0 Å². The van der Waals surface area contributed by atoms with E-state index < -0.39 is 6.10 Å². The molecule has 1 aromatic heterocycles. The number of halogens is 1. The van der Waals surface area contributed by atoms with Gasteiger partial charge in [-0.05, 0) is 80.3 Å². The Balaban J connectivity index is 1.42. The van der Waals surface area contributed by atoms with E-state index in [1.165, 1.54) is 29.9 Å². The summed E-state index contributed by atoms with van der Waals surface area (Å²) in [6, 6.07) is 7.85. The lowest BCUT2D eigenvalue weighted by atomic mass is 10.0. The van der Waals surface area contributed by atoms with Crippen molar-refractivity contribution in [1.82, 2.24) is 9.80 Å². The standard InChI is InChI=1S/C26H35FN2O4S/c1-18(2)32-16-21(30)14-28(13-19-3-4-19)15-26(31)29-11-9-25-23(10-12-34-25)24(29)17-33-22-7-5-20(27)6-8-22/h5-8,10,12,18-19,21,24,30H,3-4,9,11,13-17H2,1-2H3/t21-,24+/m0/s1. The van der Waals surface area contributed by atoms with Crippen molar-refractivity contribution in [2.75, 3.05) is 39.4 Å². The molecule has 1 saturated carbocycles. The second-order valence-corrected chi connectivity index (χ2v) is 10.6. The van der Waals surface area contributed by atoms with Gasteiger partial charge in [-0.2, -0.15) is 0 Å². The minimum Gasteiger partial charge on any atom is -0.491 e. The predicted octanol–water partition coefficient (Wildman–Crippen LogP) is 3.89. The van der Waals surface area contributed by atoms with Crippen LogP contribution >= 0.6 is 11.3 Å². The van der Waals surface area contributed by atoms with Crippen molar-refractivity contribution in [2.45, 2.75) is 51.4 Å². The number of hydrogen-bond donors (Lipinski definition) is 1. The Morgan fingerprint density at radius 2 is 2.03 bits per heavy atom. The third-order valence-electron chi connectivity index (χ3n) is 6.30. The van der Waals surface area contributed by atoms with E-state index in [9.17, 15) is 14.3 Å². The summed E-state index contributed by atoms with van der Waals surface area (Å²) in [6.45, 7) is 6.62. The van der Waals surface area contributed by atoms with Crippen LogP contribution in [0, 0.1) is 11.7 Å². The van der Waals surface area contributed by atoms with Crippen molar-refractivity contribution in [1.29, 1.82) is 0 Å². The summed E-state index contributed by atoms with van der Waals surface area (Å²) >= 11 is 1.71. The van der Waals surface area contributed by atoms with Gasteiger partial charge in [0.2, 0.25) is 5.91 Å². The van der Waals surface area contributed by atoms with Crippen molar-refractivity contribution in [3.63, 3.8) is 0 Å². The van der Waals surface area contributed by atoms with Gasteiger partial charge in [-0.1, -0.05) is 0 Å². The van der Waals surface area contributed by atoms with Crippen LogP contribution in [0.25, 0.3) is 0 Å². The van der Waals surface area contributed by atoms with Crippen LogP contribution in [0.5, 0.6) is 5.75 Å². The molecule has 4 rings (SSSR count). The molecule has 2 aromatic rings. The number of carbonyl (C=O) groups excluding carboxylic acids is 1. The van der Waals surface area contributed by atoms with E-state index in [1.54, 1.807) is 23.5 Å². The van der Waals surface area contributed by atoms with Gasteiger partial charge in [-0.15, -0.1) is 11.3 Å². The summed E-state index contributed by atoms with van der Waals surface area (Å²) in [5.74, 6) is 0.925. The maximum atomic E-state index is 13.5. The second-order valence-electron chi connectivity index (χ2n) is 9.59. The number of rotatable bonds is 12. The van der Waals surface area contributed by atoms with Gasteiger partial charge in [-0.25, -0.2) is 4.39 Å². The number of fused-ring (bicyclic) bond motifs is 1. The number of hydrogen-bond acceptors (Lipinski definition) is 6. The quantitative estimate of drug-likeness (QED) is 0.489. The Morgan fingerprint density at radius 1 is 1.26 bits per heavy atom. The van der Waals surface area contributed by atoms with E-state index in [0.29, 0.717) is 31.4 Å². The molecule has 2 atom stereocenters. The molecule has 0 saturated heterocycles. The second kappa shape index (κ2) is 11.6. The molecule has 0 spiro atoms. The molecule has 0 radical (unpaired) electrons. The highest BCUT2D eigenvalue weighted by Gasteiger charge is 2.34. The monoisotopic (exact) mass is 490 g/mol. The average Bonchev–Trinajstić information content (AvgIpc) is 3.48. The molecule has 1 fully saturated rings. The first-order valence-corrected chi connectivity index (χ1v) is 13.0. The van der Waals surface area contributed by atoms with Crippen molar-refractivity contribution in [3.05, 3.63) is 52.0 Å². The van der Waals surface area contributed by atoms with Gasteiger partial charge in [0.15, 0.2) is 0 Å². The molecule has 2 aliphatic rings. The van der Waals surface area contributed by atoms with Gasteiger partial charge >= 0.3 is 0 Å². The van der Waals surface area contributed by atoms with Crippen molar-refractivity contribution >= 4 is 17.2 Å². The van der Waals surface area contributed by atoms with Crippen molar-refractivity contribution in [2.24, 2.45) is 5.92 Å². The van der Waals surface area contributed by atoms with E-state index >= 15 is 0 Å². The molecule has 0 bridgehead atoms. The van der Waals surface area contributed by atoms with Crippen molar-refractivity contribution in [3.8, 4) is 5.75 Å². The molecule has 1 aliphatic carbocycles. The topological polar surface area (TPSA) is 62.2 Å². The molecular formula is C26H35FN2O4S. The molecule has 0 unspecified atom stereocenters. The average molecular weight is 491 g/mol. The minimum atomic E-state index is -0.628. The Bertz CT molecular complexity index is 931. The van der Waals surface area contributed by atoms with E-state index in [1.807, 2.05) is 18.7 Å². The number of benzene rings is 1. The summed E-state index contributed by atoms with van der Waals surface area (Å²) < 4.78 is 24.8. The molecule has 186 valence electrons. The summed E-state index contributed by atoms with van der Waals surface area (Å²) in [5.41, 5.74) is 1.13. The van der Waals surface area contributed by atoms with Gasteiger partial charge in [0.05, 0.1) is 31.4 Å². The van der Waals surface area contributed by atoms with Crippen LogP contribution in [0.3, 0.4) is 0 Å². The number of amides is 1. The zero-order valence-corrected chi connectivity index (χ0v) is 20.8. The fourth-order valence-electron chi connectivity index (χ4n) is 4.39. The SMILES string of the molecule is CC(C)OC[C@@H](O)CN(CC(=O)N1CCc2sccc2[C@H]1COc1ccc(F)cc1)CC1CC1. The van der Waals surface area contributed by atoms with Gasteiger partial charge in [0.25, 0.3) is 0 Å². The smallest absolute Gasteiger partial charge is 0.237 e.